The molecule has 0 aliphatic rings. The van der Waals surface area contributed by atoms with Gasteiger partial charge in [-0.05, 0) is 48.4 Å². The van der Waals surface area contributed by atoms with Crippen LogP contribution in [0.4, 0.5) is 5.00 Å². The van der Waals surface area contributed by atoms with E-state index in [4.69, 9.17) is 10.00 Å². The van der Waals surface area contributed by atoms with Crippen molar-refractivity contribution in [3.05, 3.63) is 52.9 Å². The predicted molar refractivity (Wildman–Crippen MR) is 100 cm³/mol. The number of carbonyl (C=O) groups excluding carboxylic acids is 2. The number of nitriles is 1. The third-order valence-corrected chi connectivity index (χ3v) is 4.79. The molecule has 0 aliphatic heterocycles. The van der Waals surface area contributed by atoms with E-state index in [0.717, 1.165) is 10.5 Å². The number of carbonyl (C=O) groups is 2. The third-order valence-electron chi connectivity index (χ3n) is 3.21. The molecule has 0 radical (unpaired) electrons. The molecule has 1 aromatic carbocycles. The Labute approximate surface area is 154 Å². The van der Waals surface area contributed by atoms with E-state index in [1.54, 1.807) is 29.3 Å². The van der Waals surface area contributed by atoms with E-state index in [1.807, 2.05) is 36.6 Å². The Morgan fingerprint density at radius 1 is 1.32 bits per heavy atom. The molecule has 0 aliphatic carbocycles. The van der Waals surface area contributed by atoms with Crippen LogP contribution in [0, 0.1) is 11.3 Å². The van der Waals surface area contributed by atoms with Crippen LogP contribution >= 0.6 is 23.1 Å². The van der Waals surface area contributed by atoms with Gasteiger partial charge in [-0.2, -0.15) is 5.26 Å². The molecule has 0 bridgehead atoms. The Morgan fingerprint density at radius 3 is 2.68 bits per heavy atom. The van der Waals surface area contributed by atoms with E-state index in [9.17, 15) is 9.59 Å². The Bertz CT molecular complexity index is 820. The number of hydrogen-bond donors (Lipinski definition) is 1. The van der Waals surface area contributed by atoms with Gasteiger partial charge >= 0.3 is 5.97 Å². The SMILES string of the molecule is CSc1ccc(/C=C/C(=O)O[C@@H](C)C(=O)Nc2sccc2C#N)cc1. The summed E-state index contributed by atoms with van der Waals surface area (Å²) in [6.07, 6.45) is 3.93. The van der Waals surface area contributed by atoms with Gasteiger partial charge in [0.1, 0.15) is 11.1 Å². The molecule has 128 valence electrons. The van der Waals surface area contributed by atoms with Crippen LogP contribution in [0.25, 0.3) is 6.08 Å². The quantitative estimate of drug-likeness (QED) is 0.472. The molecule has 25 heavy (non-hydrogen) atoms. The number of thioether (sulfide) groups is 1. The minimum atomic E-state index is -0.968. The summed E-state index contributed by atoms with van der Waals surface area (Å²) in [5.41, 5.74) is 1.24. The van der Waals surface area contributed by atoms with E-state index in [0.29, 0.717) is 10.6 Å². The van der Waals surface area contributed by atoms with E-state index in [2.05, 4.69) is 5.32 Å². The summed E-state index contributed by atoms with van der Waals surface area (Å²) in [6.45, 7) is 1.48. The van der Waals surface area contributed by atoms with Crippen LogP contribution in [-0.2, 0) is 14.3 Å². The summed E-state index contributed by atoms with van der Waals surface area (Å²) >= 11 is 2.88. The number of amides is 1. The van der Waals surface area contributed by atoms with E-state index >= 15 is 0 Å². The second-order valence-corrected chi connectivity index (χ2v) is 6.75. The summed E-state index contributed by atoms with van der Waals surface area (Å²) < 4.78 is 5.08. The molecular formula is C18H16N2O3S2. The van der Waals surface area contributed by atoms with Crippen molar-refractivity contribution in [1.82, 2.24) is 0 Å². The standard InChI is InChI=1S/C18H16N2O3S2/c1-12(17(22)20-18-14(11-19)9-10-25-18)23-16(21)8-5-13-3-6-15(24-2)7-4-13/h3-10,12H,1-2H3,(H,20,22)/b8-5+/t12-/m0/s1. The van der Waals surface area contributed by atoms with Crippen molar-refractivity contribution >= 4 is 46.1 Å². The molecule has 1 amide bonds. The highest BCUT2D eigenvalue weighted by molar-refractivity contribution is 7.98. The second kappa shape index (κ2) is 9.06. The van der Waals surface area contributed by atoms with Crippen molar-refractivity contribution < 1.29 is 14.3 Å². The molecule has 2 aromatic rings. The Kier molecular flexibility index (Phi) is 6.81. The largest absolute Gasteiger partial charge is 0.449 e. The first-order valence-electron chi connectivity index (χ1n) is 7.34. The maximum Gasteiger partial charge on any atom is 0.331 e. The van der Waals surface area contributed by atoms with Crippen LogP contribution in [0.2, 0.25) is 0 Å². The highest BCUT2D eigenvalue weighted by atomic mass is 32.2. The van der Waals surface area contributed by atoms with Crippen molar-refractivity contribution in [2.45, 2.75) is 17.9 Å². The monoisotopic (exact) mass is 372 g/mol. The number of ether oxygens (including phenoxy) is 1. The first-order chi connectivity index (χ1) is 12.0. The van der Waals surface area contributed by atoms with Crippen molar-refractivity contribution in [2.75, 3.05) is 11.6 Å². The molecule has 0 fully saturated rings. The summed E-state index contributed by atoms with van der Waals surface area (Å²) in [6, 6.07) is 11.3. The third kappa shape index (κ3) is 5.48. The molecule has 1 aromatic heterocycles. The van der Waals surface area contributed by atoms with Gasteiger partial charge in [0.2, 0.25) is 0 Å². The number of rotatable bonds is 6. The number of nitrogens with one attached hydrogen (secondary N) is 1. The van der Waals surface area contributed by atoms with Crippen LogP contribution in [0.3, 0.4) is 0 Å². The Balaban J connectivity index is 1.89. The highest BCUT2D eigenvalue weighted by Gasteiger charge is 2.18. The fourth-order valence-electron chi connectivity index (χ4n) is 1.85. The Hall–Kier alpha value is -2.56. The zero-order valence-electron chi connectivity index (χ0n) is 13.7. The zero-order chi connectivity index (χ0) is 18.2. The number of benzene rings is 1. The number of thiophene rings is 1. The molecule has 7 heteroatoms. The van der Waals surface area contributed by atoms with Gasteiger partial charge in [0.25, 0.3) is 5.91 Å². The number of anilines is 1. The van der Waals surface area contributed by atoms with E-state index in [-0.39, 0.29) is 0 Å². The molecule has 0 spiro atoms. The molecule has 2 rings (SSSR count). The minimum absolute atomic E-state index is 0.380. The lowest BCUT2D eigenvalue weighted by Gasteiger charge is -2.11. The molecule has 5 nitrogen and oxygen atoms in total. The smallest absolute Gasteiger partial charge is 0.331 e. The maximum atomic E-state index is 12.0. The molecule has 0 saturated heterocycles. The van der Waals surface area contributed by atoms with Crippen LogP contribution in [0.1, 0.15) is 18.1 Å². The van der Waals surface area contributed by atoms with Gasteiger partial charge in [-0.15, -0.1) is 23.1 Å². The topological polar surface area (TPSA) is 79.2 Å². The lowest BCUT2D eigenvalue weighted by Crippen LogP contribution is -2.29. The summed E-state index contributed by atoms with van der Waals surface area (Å²) in [5, 5.41) is 13.7. The van der Waals surface area contributed by atoms with Gasteiger partial charge < -0.3 is 10.1 Å². The van der Waals surface area contributed by atoms with Crippen molar-refractivity contribution in [3.8, 4) is 6.07 Å². The van der Waals surface area contributed by atoms with Gasteiger partial charge in [-0.1, -0.05) is 12.1 Å². The van der Waals surface area contributed by atoms with Gasteiger partial charge in [-0.25, -0.2) is 4.79 Å². The Morgan fingerprint density at radius 2 is 2.04 bits per heavy atom. The van der Waals surface area contributed by atoms with Crippen LogP contribution < -0.4 is 5.32 Å². The van der Waals surface area contributed by atoms with Crippen LogP contribution in [0.5, 0.6) is 0 Å². The highest BCUT2D eigenvalue weighted by Crippen LogP contribution is 2.22. The van der Waals surface area contributed by atoms with Gasteiger partial charge in [0.15, 0.2) is 6.10 Å². The lowest BCUT2D eigenvalue weighted by molar-refractivity contribution is -0.148. The summed E-state index contributed by atoms with van der Waals surface area (Å²) in [7, 11) is 0. The van der Waals surface area contributed by atoms with E-state index < -0.39 is 18.0 Å². The molecular weight excluding hydrogens is 356 g/mol. The molecule has 1 N–H and O–H groups in total. The van der Waals surface area contributed by atoms with Crippen molar-refractivity contribution in [3.63, 3.8) is 0 Å². The molecule has 1 heterocycles. The molecule has 0 saturated carbocycles. The minimum Gasteiger partial charge on any atom is -0.449 e. The fraction of sp³-hybridized carbons (Fsp3) is 0.167. The predicted octanol–water partition coefficient (Wildman–Crippen LogP) is 3.93. The van der Waals surface area contributed by atoms with Gasteiger partial charge in [-0.3, -0.25) is 4.79 Å². The lowest BCUT2D eigenvalue weighted by atomic mass is 10.2. The zero-order valence-corrected chi connectivity index (χ0v) is 15.3. The summed E-state index contributed by atoms with van der Waals surface area (Å²) in [4.78, 5) is 25.0. The van der Waals surface area contributed by atoms with Crippen molar-refractivity contribution in [1.29, 1.82) is 5.26 Å². The van der Waals surface area contributed by atoms with Crippen LogP contribution in [-0.4, -0.2) is 24.2 Å². The first kappa shape index (κ1) is 18.8. The summed E-state index contributed by atoms with van der Waals surface area (Å²) in [5.74, 6) is -1.09. The first-order valence-corrected chi connectivity index (χ1v) is 9.45. The van der Waals surface area contributed by atoms with E-state index in [1.165, 1.54) is 24.3 Å². The molecule has 1 atom stereocenters. The van der Waals surface area contributed by atoms with Gasteiger partial charge in [0, 0.05) is 11.0 Å². The maximum absolute atomic E-state index is 12.0. The molecule has 0 unspecified atom stereocenters. The average molecular weight is 372 g/mol. The number of hydrogen-bond acceptors (Lipinski definition) is 6. The normalized spacial score (nSPS) is 11.7. The second-order valence-electron chi connectivity index (χ2n) is 4.95. The fourth-order valence-corrected chi connectivity index (χ4v) is 3.00. The van der Waals surface area contributed by atoms with Crippen molar-refractivity contribution in [2.24, 2.45) is 0 Å². The number of nitrogens with zero attached hydrogens (tertiary/aromatic N) is 1. The van der Waals surface area contributed by atoms with Gasteiger partial charge in [0.05, 0.1) is 5.56 Å². The van der Waals surface area contributed by atoms with Crippen LogP contribution in [0.15, 0.2) is 46.7 Å². The number of esters is 1. The average Bonchev–Trinajstić information content (AvgIpc) is 3.07.